The van der Waals surface area contributed by atoms with Crippen molar-refractivity contribution in [3.8, 4) is 0 Å². The number of aromatic nitrogens is 1. The lowest BCUT2D eigenvalue weighted by Gasteiger charge is -2.21. The summed E-state index contributed by atoms with van der Waals surface area (Å²) in [6.45, 7) is 3.69. The number of amidine groups is 1. The van der Waals surface area contributed by atoms with Crippen molar-refractivity contribution in [2.75, 3.05) is 0 Å². The van der Waals surface area contributed by atoms with E-state index in [4.69, 9.17) is 22.5 Å². The molecule has 7 heteroatoms. The standard InChI is InChI=1S/C11H15ClN4O2/c1-6(2)9(10(13)16-18)15-11(17)7-3-4-14-5-8(7)12/h3-6,9,18H,1-2H3,(H2,13,16)(H,15,17). The molecule has 1 heterocycles. The fourth-order valence-electron chi connectivity index (χ4n) is 1.42. The van der Waals surface area contributed by atoms with Crippen LogP contribution in [0.4, 0.5) is 0 Å². The molecule has 0 aliphatic carbocycles. The first-order valence-electron chi connectivity index (χ1n) is 5.35. The summed E-state index contributed by atoms with van der Waals surface area (Å²) >= 11 is 5.86. The summed E-state index contributed by atoms with van der Waals surface area (Å²) < 4.78 is 0. The number of nitrogens with two attached hydrogens (primary N) is 1. The molecular formula is C11H15ClN4O2. The van der Waals surface area contributed by atoms with Crippen LogP contribution in [0.2, 0.25) is 5.02 Å². The lowest BCUT2D eigenvalue weighted by Crippen LogP contribution is -2.47. The summed E-state index contributed by atoms with van der Waals surface area (Å²) in [6, 6.07) is 0.938. The Kier molecular flexibility index (Phi) is 4.91. The van der Waals surface area contributed by atoms with Crippen LogP contribution in [0.15, 0.2) is 23.6 Å². The normalized spacial score (nSPS) is 13.4. The van der Waals surface area contributed by atoms with Crippen molar-refractivity contribution >= 4 is 23.3 Å². The second-order valence-electron chi connectivity index (χ2n) is 4.08. The molecule has 1 unspecified atom stereocenters. The van der Waals surface area contributed by atoms with Crippen LogP contribution in [0, 0.1) is 5.92 Å². The van der Waals surface area contributed by atoms with Gasteiger partial charge in [-0.2, -0.15) is 0 Å². The third-order valence-electron chi connectivity index (χ3n) is 2.40. The molecule has 1 aromatic rings. The van der Waals surface area contributed by atoms with Crippen LogP contribution >= 0.6 is 11.6 Å². The molecule has 98 valence electrons. The smallest absolute Gasteiger partial charge is 0.253 e. The lowest BCUT2D eigenvalue weighted by atomic mass is 10.0. The number of pyridine rings is 1. The van der Waals surface area contributed by atoms with Crippen molar-refractivity contribution < 1.29 is 10.0 Å². The first kappa shape index (κ1) is 14.2. The van der Waals surface area contributed by atoms with E-state index in [9.17, 15) is 4.79 Å². The van der Waals surface area contributed by atoms with Crippen LogP contribution in [0.1, 0.15) is 24.2 Å². The van der Waals surface area contributed by atoms with Gasteiger partial charge in [-0.05, 0) is 12.0 Å². The van der Waals surface area contributed by atoms with Crippen molar-refractivity contribution in [3.63, 3.8) is 0 Å². The molecule has 0 radical (unpaired) electrons. The summed E-state index contributed by atoms with van der Waals surface area (Å²) in [5.41, 5.74) is 5.82. The highest BCUT2D eigenvalue weighted by molar-refractivity contribution is 6.33. The average molecular weight is 271 g/mol. The fourth-order valence-corrected chi connectivity index (χ4v) is 1.63. The molecule has 6 nitrogen and oxygen atoms in total. The monoisotopic (exact) mass is 270 g/mol. The topological polar surface area (TPSA) is 101 Å². The van der Waals surface area contributed by atoms with E-state index in [0.717, 1.165) is 0 Å². The molecule has 18 heavy (non-hydrogen) atoms. The maximum atomic E-state index is 12.0. The average Bonchev–Trinajstić information content (AvgIpc) is 2.35. The molecule has 0 bridgehead atoms. The largest absolute Gasteiger partial charge is 0.409 e. The number of hydrogen-bond acceptors (Lipinski definition) is 4. The molecule has 0 aliphatic heterocycles. The molecule has 0 aliphatic rings. The van der Waals surface area contributed by atoms with E-state index in [1.807, 2.05) is 13.8 Å². The minimum Gasteiger partial charge on any atom is -0.409 e. The summed E-state index contributed by atoms with van der Waals surface area (Å²) in [5.74, 6) is -0.471. The van der Waals surface area contributed by atoms with Gasteiger partial charge in [0.05, 0.1) is 16.6 Å². The van der Waals surface area contributed by atoms with Gasteiger partial charge in [0, 0.05) is 12.4 Å². The number of carbonyl (C=O) groups excluding carboxylic acids is 1. The minimum atomic E-state index is -0.563. The zero-order valence-corrected chi connectivity index (χ0v) is 10.8. The summed E-state index contributed by atoms with van der Waals surface area (Å²) in [4.78, 5) is 15.8. The van der Waals surface area contributed by atoms with Crippen molar-refractivity contribution in [2.45, 2.75) is 19.9 Å². The zero-order chi connectivity index (χ0) is 13.7. The Morgan fingerprint density at radius 3 is 2.78 bits per heavy atom. The van der Waals surface area contributed by atoms with Gasteiger partial charge < -0.3 is 16.3 Å². The van der Waals surface area contributed by atoms with Crippen molar-refractivity contribution in [2.24, 2.45) is 16.8 Å². The van der Waals surface area contributed by atoms with E-state index in [1.165, 1.54) is 18.5 Å². The van der Waals surface area contributed by atoms with Gasteiger partial charge in [-0.15, -0.1) is 0 Å². The molecule has 0 saturated carbocycles. The quantitative estimate of drug-likeness (QED) is 0.332. The Hall–Kier alpha value is -1.82. The minimum absolute atomic E-state index is 0.0227. The summed E-state index contributed by atoms with van der Waals surface area (Å²) in [5, 5.41) is 14.5. The molecular weight excluding hydrogens is 256 g/mol. The van der Waals surface area contributed by atoms with E-state index in [-0.39, 0.29) is 16.8 Å². The highest BCUT2D eigenvalue weighted by atomic mass is 35.5. The Balaban J connectivity index is 2.89. The maximum Gasteiger partial charge on any atom is 0.253 e. The van der Waals surface area contributed by atoms with Crippen molar-refractivity contribution in [1.82, 2.24) is 10.3 Å². The molecule has 1 rings (SSSR count). The zero-order valence-electron chi connectivity index (χ0n) is 10.1. The lowest BCUT2D eigenvalue weighted by molar-refractivity contribution is 0.0939. The highest BCUT2D eigenvalue weighted by Crippen LogP contribution is 2.14. The molecule has 4 N–H and O–H groups in total. The second kappa shape index (κ2) is 6.20. The fraction of sp³-hybridized carbons (Fsp3) is 0.364. The van der Waals surface area contributed by atoms with E-state index < -0.39 is 11.9 Å². The van der Waals surface area contributed by atoms with Crippen LogP contribution < -0.4 is 11.1 Å². The Labute approximate surface area is 110 Å². The molecule has 1 amide bonds. The van der Waals surface area contributed by atoms with Crippen LogP contribution in [0.3, 0.4) is 0 Å². The first-order valence-corrected chi connectivity index (χ1v) is 5.73. The molecule has 0 fully saturated rings. The summed E-state index contributed by atoms with van der Waals surface area (Å²) in [7, 11) is 0. The Morgan fingerprint density at radius 1 is 1.61 bits per heavy atom. The summed E-state index contributed by atoms with van der Waals surface area (Å²) in [6.07, 6.45) is 2.85. The van der Waals surface area contributed by atoms with Gasteiger partial charge >= 0.3 is 0 Å². The van der Waals surface area contributed by atoms with Gasteiger partial charge in [-0.1, -0.05) is 30.6 Å². The van der Waals surface area contributed by atoms with Gasteiger partial charge in [0.25, 0.3) is 5.91 Å². The van der Waals surface area contributed by atoms with Gasteiger partial charge in [0.1, 0.15) is 0 Å². The van der Waals surface area contributed by atoms with E-state index in [2.05, 4.69) is 15.5 Å². The number of nitrogens with one attached hydrogen (secondary N) is 1. The Morgan fingerprint density at radius 2 is 2.28 bits per heavy atom. The maximum absolute atomic E-state index is 12.0. The number of rotatable bonds is 4. The molecule has 1 atom stereocenters. The third kappa shape index (κ3) is 3.33. The van der Waals surface area contributed by atoms with Crippen LogP contribution in [0.25, 0.3) is 0 Å². The Bertz CT molecular complexity index is 462. The number of oxime groups is 1. The number of nitrogens with zero attached hydrogens (tertiary/aromatic N) is 2. The van der Waals surface area contributed by atoms with Gasteiger partial charge in [0.2, 0.25) is 0 Å². The number of hydrogen-bond donors (Lipinski definition) is 3. The number of amides is 1. The van der Waals surface area contributed by atoms with E-state index in [0.29, 0.717) is 5.56 Å². The van der Waals surface area contributed by atoms with Crippen molar-refractivity contribution in [1.29, 1.82) is 0 Å². The number of halogens is 1. The third-order valence-corrected chi connectivity index (χ3v) is 2.71. The van der Waals surface area contributed by atoms with Gasteiger partial charge in [0.15, 0.2) is 5.84 Å². The molecule has 1 aromatic heterocycles. The van der Waals surface area contributed by atoms with Crippen LogP contribution in [-0.4, -0.2) is 28.0 Å². The first-order chi connectivity index (χ1) is 8.47. The second-order valence-corrected chi connectivity index (χ2v) is 4.48. The predicted octanol–water partition coefficient (Wildman–Crippen LogP) is 1.24. The van der Waals surface area contributed by atoms with E-state index in [1.54, 1.807) is 0 Å². The van der Waals surface area contributed by atoms with Gasteiger partial charge in [-0.25, -0.2) is 0 Å². The number of carbonyl (C=O) groups is 1. The SMILES string of the molecule is CC(C)C(NC(=O)c1ccncc1Cl)C(N)=NO. The molecule has 0 spiro atoms. The van der Waals surface area contributed by atoms with Gasteiger partial charge in [-0.3, -0.25) is 9.78 Å². The van der Waals surface area contributed by atoms with Crippen LogP contribution in [0.5, 0.6) is 0 Å². The van der Waals surface area contributed by atoms with E-state index >= 15 is 0 Å². The predicted molar refractivity (Wildman–Crippen MR) is 68.7 cm³/mol. The molecule has 0 saturated heterocycles. The highest BCUT2D eigenvalue weighted by Gasteiger charge is 2.22. The van der Waals surface area contributed by atoms with Crippen LogP contribution in [-0.2, 0) is 0 Å². The van der Waals surface area contributed by atoms with Crippen molar-refractivity contribution in [3.05, 3.63) is 29.0 Å². The molecule has 0 aromatic carbocycles.